The third-order valence-electron chi connectivity index (χ3n) is 2.89. The molecule has 8 heteroatoms. The van der Waals surface area contributed by atoms with Crippen molar-refractivity contribution in [1.82, 2.24) is 0 Å². The van der Waals surface area contributed by atoms with Crippen molar-refractivity contribution in [2.24, 2.45) is 0 Å². The fraction of sp³-hybridized carbons (Fsp3) is 0.0714. The molecule has 0 radical (unpaired) electrons. The Balaban J connectivity index is 2.17. The van der Waals surface area contributed by atoms with Crippen LogP contribution in [0.3, 0.4) is 0 Å². The van der Waals surface area contributed by atoms with E-state index in [1.165, 1.54) is 49.4 Å². The summed E-state index contributed by atoms with van der Waals surface area (Å²) in [7, 11) is 0. The number of hydrogen-bond acceptors (Lipinski definition) is 6. The van der Waals surface area contributed by atoms with Gasteiger partial charge < -0.3 is 4.74 Å². The van der Waals surface area contributed by atoms with Gasteiger partial charge in [-0.1, -0.05) is 0 Å². The summed E-state index contributed by atoms with van der Waals surface area (Å²) in [6.45, 7) is 1.51. The molecule has 2 aromatic carbocycles. The van der Waals surface area contributed by atoms with Gasteiger partial charge in [-0.15, -0.1) is 0 Å². The van der Waals surface area contributed by atoms with E-state index in [2.05, 4.69) is 0 Å². The molecule has 2 aromatic rings. The average molecular weight is 302 g/mol. The summed E-state index contributed by atoms with van der Waals surface area (Å²) in [5.41, 5.74) is 0.280. The van der Waals surface area contributed by atoms with Gasteiger partial charge in [0.2, 0.25) is 0 Å². The Morgan fingerprint density at radius 2 is 1.64 bits per heavy atom. The van der Waals surface area contributed by atoms with Gasteiger partial charge in [-0.25, -0.2) is 4.79 Å². The normalized spacial score (nSPS) is 10.0. The number of nitro benzene ring substituents is 2. The van der Waals surface area contributed by atoms with Gasteiger partial charge in [0.25, 0.3) is 11.4 Å². The molecule has 0 atom stereocenters. The van der Waals surface area contributed by atoms with Crippen LogP contribution in [-0.2, 0) is 0 Å². The summed E-state index contributed by atoms with van der Waals surface area (Å²) in [6, 6.07) is 8.89. The molecule has 0 aliphatic carbocycles. The number of aryl methyl sites for hydroxylation is 1. The van der Waals surface area contributed by atoms with E-state index in [0.29, 0.717) is 5.56 Å². The summed E-state index contributed by atoms with van der Waals surface area (Å²) >= 11 is 0. The summed E-state index contributed by atoms with van der Waals surface area (Å²) in [5, 5.41) is 21.2. The van der Waals surface area contributed by atoms with Crippen molar-refractivity contribution in [2.45, 2.75) is 6.92 Å². The van der Waals surface area contributed by atoms with Gasteiger partial charge in [0.1, 0.15) is 5.75 Å². The van der Waals surface area contributed by atoms with Gasteiger partial charge in [0, 0.05) is 23.8 Å². The number of non-ortho nitro benzene ring substituents is 1. The molecule has 0 unspecified atom stereocenters. The van der Waals surface area contributed by atoms with Crippen LogP contribution < -0.4 is 4.74 Å². The van der Waals surface area contributed by atoms with Crippen LogP contribution in [0.1, 0.15) is 15.9 Å². The molecule has 0 spiro atoms. The maximum atomic E-state index is 11.9. The van der Waals surface area contributed by atoms with Crippen LogP contribution in [0.5, 0.6) is 5.75 Å². The Morgan fingerprint density at radius 3 is 2.14 bits per heavy atom. The van der Waals surface area contributed by atoms with Crippen LogP contribution in [0.4, 0.5) is 11.4 Å². The first-order valence-corrected chi connectivity index (χ1v) is 6.10. The Kier molecular flexibility index (Phi) is 4.12. The molecule has 0 aromatic heterocycles. The number of esters is 1. The fourth-order valence-electron chi connectivity index (χ4n) is 1.79. The molecule has 2 rings (SSSR count). The maximum absolute atomic E-state index is 11.9. The Bertz CT molecular complexity index is 754. The topological polar surface area (TPSA) is 113 Å². The highest BCUT2D eigenvalue weighted by Crippen LogP contribution is 2.21. The van der Waals surface area contributed by atoms with Crippen molar-refractivity contribution in [3.63, 3.8) is 0 Å². The van der Waals surface area contributed by atoms with E-state index in [-0.39, 0.29) is 22.7 Å². The number of carbonyl (C=O) groups excluding carboxylic acids is 1. The molecule has 112 valence electrons. The molecule has 0 fully saturated rings. The summed E-state index contributed by atoms with van der Waals surface area (Å²) < 4.78 is 5.06. The van der Waals surface area contributed by atoms with E-state index < -0.39 is 15.8 Å². The van der Waals surface area contributed by atoms with Gasteiger partial charge in [-0.2, -0.15) is 0 Å². The van der Waals surface area contributed by atoms with Gasteiger partial charge >= 0.3 is 5.97 Å². The molecule has 0 amide bonds. The predicted octanol–water partition coefficient (Wildman–Crippen LogP) is 3.03. The highest BCUT2D eigenvalue weighted by Gasteiger charge is 2.15. The Labute approximate surface area is 124 Å². The van der Waals surface area contributed by atoms with Gasteiger partial charge in [-0.3, -0.25) is 20.2 Å². The van der Waals surface area contributed by atoms with E-state index in [0.717, 1.165) is 0 Å². The lowest BCUT2D eigenvalue weighted by Gasteiger charge is -2.05. The summed E-state index contributed by atoms with van der Waals surface area (Å²) in [6.07, 6.45) is 0. The van der Waals surface area contributed by atoms with Crippen molar-refractivity contribution in [1.29, 1.82) is 0 Å². The first kappa shape index (κ1) is 15.1. The first-order chi connectivity index (χ1) is 10.4. The van der Waals surface area contributed by atoms with Crippen molar-refractivity contribution < 1.29 is 19.4 Å². The zero-order valence-corrected chi connectivity index (χ0v) is 11.4. The number of ether oxygens (including phenoxy) is 1. The lowest BCUT2D eigenvalue weighted by Crippen LogP contribution is -2.09. The van der Waals surface area contributed by atoms with E-state index in [9.17, 15) is 25.0 Å². The van der Waals surface area contributed by atoms with E-state index in [1.54, 1.807) is 0 Å². The van der Waals surface area contributed by atoms with Crippen LogP contribution >= 0.6 is 0 Å². The van der Waals surface area contributed by atoms with E-state index in [1.807, 2.05) is 0 Å². The first-order valence-electron chi connectivity index (χ1n) is 6.10. The van der Waals surface area contributed by atoms with Crippen molar-refractivity contribution in [3.05, 3.63) is 73.8 Å². The van der Waals surface area contributed by atoms with Crippen LogP contribution in [0.2, 0.25) is 0 Å². The smallest absolute Gasteiger partial charge is 0.343 e. The minimum absolute atomic E-state index is 0.0908. The van der Waals surface area contributed by atoms with E-state index >= 15 is 0 Å². The molecule has 0 saturated carbocycles. The fourth-order valence-corrected chi connectivity index (χ4v) is 1.79. The minimum atomic E-state index is -0.702. The molecule has 0 aliphatic heterocycles. The highest BCUT2D eigenvalue weighted by atomic mass is 16.6. The monoisotopic (exact) mass is 302 g/mol. The molecule has 22 heavy (non-hydrogen) atoms. The second kappa shape index (κ2) is 6.00. The summed E-state index contributed by atoms with van der Waals surface area (Å²) in [5.74, 6) is -0.557. The van der Waals surface area contributed by atoms with Gasteiger partial charge in [0.15, 0.2) is 0 Å². The molecule has 0 bridgehead atoms. The average Bonchev–Trinajstić information content (AvgIpc) is 2.47. The molecule has 0 N–H and O–H groups in total. The highest BCUT2D eigenvalue weighted by molar-refractivity contribution is 5.91. The SMILES string of the molecule is Cc1cc(C(=O)Oc2ccc([N+](=O)[O-])cc2)ccc1[N+](=O)[O-]. The zero-order chi connectivity index (χ0) is 16.3. The number of carbonyl (C=O) groups is 1. The Morgan fingerprint density at radius 1 is 1.00 bits per heavy atom. The molecular weight excluding hydrogens is 292 g/mol. The zero-order valence-electron chi connectivity index (χ0n) is 11.4. The number of nitrogens with zero attached hydrogens (tertiary/aromatic N) is 2. The van der Waals surface area contributed by atoms with Crippen molar-refractivity contribution in [2.75, 3.05) is 0 Å². The maximum Gasteiger partial charge on any atom is 0.343 e. The van der Waals surface area contributed by atoms with Crippen LogP contribution in [-0.4, -0.2) is 15.8 Å². The molecule has 0 heterocycles. The molecule has 8 nitrogen and oxygen atoms in total. The van der Waals surface area contributed by atoms with Crippen LogP contribution in [0.15, 0.2) is 42.5 Å². The quantitative estimate of drug-likeness (QED) is 0.371. The van der Waals surface area contributed by atoms with Crippen LogP contribution in [0, 0.1) is 27.2 Å². The van der Waals surface area contributed by atoms with E-state index in [4.69, 9.17) is 4.74 Å². The van der Waals surface area contributed by atoms with Crippen LogP contribution in [0.25, 0.3) is 0 Å². The number of benzene rings is 2. The molecular formula is C14H10N2O6. The molecule has 0 saturated heterocycles. The lowest BCUT2D eigenvalue weighted by atomic mass is 10.1. The van der Waals surface area contributed by atoms with Gasteiger partial charge in [-0.05, 0) is 31.2 Å². The number of hydrogen-bond donors (Lipinski definition) is 0. The minimum Gasteiger partial charge on any atom is -0.423 e. The van der Waals surface area contributed by atoms with Gasteiger partial charge in [0.05, 0.1) is 15.4 Å². The third kappa shape index (κ3) is 3.23. The lowest BCUT2D eigenvalue weighted by molar-refractivity contribution is -0.385. The van der Waals surface area contributed by atoms with Crippen molar-refractivity contribution >= 4 is 17.3 Å². The largest absolute Gasteiger partial charge is 0.423 e. The second-order valence-corrected chi connectivity index (χ2v) is 4.40. The number of nitro groups is 2. The third-order valence-corrected chi connectivity index (χ3v) is 2.89. The second-order valence-electron chi connectivity index (χ2n) is 4.40. The Hall–Kier alpha value is -3.29. The summed E-state index contributed by atoms with van der Waals surface area (Å²) in [4.78, 5) is 32.1. The predicted molar refractivity (Wildman–Crippen MR) is 75.9 cm³/mol. The molecule has 0 aliphatic rings. The number of rotatable bonds is 4. The standard InChI is InChI=1S/C14H10N2O6/c1-9-8-10(2-7-13(9)16(20)21)14(17)22-12-5-3-11(4-6-12)15(18)19/h2-8H,1H3. The van der Waals surface area contributed by atoms with Crippen molar-refractivity contribution in [3.8, 4) is 5.75 Å².